The Hall–Kier alpha value is -5.12. The number of nitrogens with zero attached hydrogens (tertiary/aromatic N) is 1. The fourth-order valence-corrected chi connectivity index (χ4v) is 5.40. The maximum absolute atomic E-state index is 13.3. The number of Topliss-reactive ketones (excluding diaryl/α,β-unsaturated/α-hetero) is 1. The Morgan fingerprint density at radius 1 is 0.824 bits per heavy atom. The van der Waals surface area contributed by atoms with Crippen LogP contribution in [0.25, 0.3) is 0 Å². The topological polar surface area (TPSA) is 163 Å². The highest BCUT2D eigenvalue weighted by Gasteiger charge is 2.33. The quantitative estimate of drug-likeness (QED) is 0.0962. The van der Waals surface area contributed by atoms with Crippen molar-refractivity contribution in [2.45, 2.75) is 89.9 Å². The van der Waals surface area contributed by atoms with Crippen LogP contribution in [0.1, 0.15) is 94.6 Å². The number of benzene rings is 2. The predicted octanol–water partition coefficient (Wildman–Crippen LogP) is 4.71. The Balaban J connectivity index is 1.16. The first-order valence-corrected chi connectivity index (χ1v) is 17.1. The van der Waals surface area contributed by atoms with Crippen molar-refractivity contribution in [3.63, 3.8) is 0 Å². The van der Waals surface area contributed by atoms with Crippen molar-refractivity contribution in [1.82, 2.24) is 10.0 Å². The monoisotopic (exact) mass is 702 g/mol. The van der Waals surface area contributed by atoms with Gasteiger partial charge in [0.25, 0.3) is 0 Å². The van der Waals surface area contributed by atoms with Gasteiger partial charge in [0.1, 0.15) is 11.7 Å². The van der Waals surface area contributed by atoms with Crippen LogP contribution >= 0.6 is 0 Å². The Morgan fingerprint density at radius 3 is 2.20 bits per heavy atom. The van der Waals surface area contributed by atoms with Gasteiger partial charge in [-0.1, -0.05) is 55.2 Å². The van der Waals surface area contributed by atoms with Gasteiger partial charge in [0.2, 0.25) is 17.7 Å². The molecule has 12 nitrogen and oxygen atoms in total. The number of ether oxygens (including phenoxy) is 3. The van der Waals surface area contributed by atoms with Gasteiger partial charge in [-0.15, -0.1) is 4.73 Å². The third-order valence-corrected chi connectivity index (χ3v) is 8.75. The first kappa shape index (κ1) is 38.7. The summed E-state index contributed by atoms with van der Waals surface area (Å²) in [5, 5.41) is 21.7. The van der Waals surface area contributed by atoms with Gasteiger partial charge in [-0.05, 0) is 51.3 Å². The molecule has 2 atom stereocenters. The fourth-order valence-electron chi connectivity index (χ4n) is 5.40. The zero-order valence-electron chi connectivity index (χ0n) is 29.5. The second-order valence-corrected chi connectivity index (χ2v) is 13.0. The molecule has 12 heteroatoms. The van der Waals surface area contributed by atoms with Gasteiger partial charge in [0.05, 0.1) is 31.7 Å². The zero-order chi connectivity index (χ0) is 37.0. The second-order valence-electron chi connectivity index (χ2n) is 13.0. The molecule has 0 saturated carbocycles. The standard InChI is InChI=1S/C39H46N2O10/c1-5-39(4,49-24-22-38(2,3)48-25-23-40-33(43)17-21-37(47)51-41-34(44)18-19-35(41)45)32(42)16-20-36(46)50-31-26-29-12-7-6-10-27(29)14-15-28-11-8-9-13-30(28)31/h6-13,18-19,31,44-45H,5,16-17,20-26H2,1-4H3,(H,40,43). The normalized spacial score (nSPS) is 14.7. The van der Waals surface area contributed by atoms with Crippen LogP contribution in [0.3, 0.4) is 0 Å². The number of carbonyl (C=O) groups is 4. The van der Waals surface area contributed by atoms with E-state index in [4.69, 9.17) is 19.0 Å². The van der Waals surface area contributed by atoms with Gasteiger partial charge in [-0.3, -0.25) is 14.4 Å². The number of carbonyl (C=O) groups excluding carboxylic acids is 4. The average molecular weight is 703 g/mol. The molecule has 1 heterocycles. The summed E-state index contributed by atoms with van der Waals surface area (Å²) in [5.74, 6) is 3.67. The molecule has 3 aromatic rings. The molecule has 1 aliphatic rings. The van der Waals surface area contributed by atoms with Crippen molar-refractivity contribution < 1.29 is 48.4 Å². The Kier molecular flexibility index (Phi) is 13.4. The van der Waals surface area contributed by atoms with E-state index in [9.17, 15) is 29.4 Å². The summed E-state index contributed by atoms with van der Waals surface area (Å²) in [6, 6.07) is 17.7. The van der Waals surface area contributed by atoms with Crippen LogP contribution in [0.15, 0.2) is 60.7 Å². The van der Waals surface area contributed by atoms with E-state index in [2.05, 4.69) is 17.2 Å². The van der Waals surface area contributed by atoms with E-state index < -0.39 is 46.9 Å². The van der Waals surface area contributed by atoms with Crippen molar-refractivity contribution in [1.29, 1.82) is 0 Å². The number of hydrogen-bond acceptors (Lipinski definition) is 10. The van der Waals surface area contributed by atoms with Crippen molar-refractivity contribution in [3.05, 3.63) is 82.9 Å². The maximum atomic E-state index is 13.3. The molecule has 1 aliphatic carbocycles. The summed E-state index contributed by atoms with van der Waals surface area (Å²) >= 11 is 0. The number of ketones is 1. The lowest BCUT2D eigenvalue weighted by molar-refractivity contribution is -0.154. The largest absolute Gasteiger partial charge is 0.492 e. The molecule has 0 aliphatic heterocycles. The minimum Gasteiger partial charge on any atom is -0.492 e. The lowest BCUT2D eigenvalue weighted by Crippen LogP contribution is -2.40. The number of amides is 1. The number of aromatic hydroxyl groups is 2. The van der Waals surface area contributed by atoms with Gasteiger partial charge in [0, 0.05) is 54.6 Å². The molecular formula is C39H46N2O10. The van der Waals surface area contributed by atoms with Crippen molar-refractivity contribution >= 4 is 23.6 Å². The van der Waals surface area contributed by atoms with Crippen molar-refractivity contribution in [2.75, 3.05) is 19.8 Å². The summed E-state index contributed by atoms with van der Waals surface area (Å²) in [6.07, 6.45) is 0.306. The molecule has 0 spiro atoms. The Labute approximate surface area is 298 Å². The number of fused-ring (bicyclic) bond motifs is 2. The number of aromatic nitrogens is 1. The molecule has 0 fully saturated rings. The molecule has 3 N–H and O–H groups in total. The van der Waals surface area contributed by atoms with Crippen molar-refractivity contribution in [2.24, 2.45) is 0 Å². The van der Waals surface area contributed by atoms with Crippen LogP contribution in [-0.2, 0) is 39.8 Å². The first-order chi connectivity index (χ1) is 24.3. The van der Waals surface area contributed by atoms with Crippen LogP contribution in [0, 0.1) is 11.8 Å². The molecule has 2 aromatic carbocycles. The third-order valence-electron chi connectivity index (χ3n) is 8.75. The SMILES string of the molecule is CCC(C)(OCCC(C)(C)OCCNC(=O)CCC(=O)On1c(O)ccc1O)C(=O)CCC(=O)OC1Cc2ccccc2C#Cc2ccccc21. The zero-order valence-corrected chi connectivity index (χ0v) is 29.5. The van der Waals surface area contributed by atoms with E-state index in [0.29, 0.717) is 24.0 Å². The minimum atomic E-state index is -1.09. The van der Waals surface area contributed by atoms with Crippen LogP contribution in [0.4, 0.5) is 0 Å². The Morgan fingerprint density at radius 2 is 1.47 bits per heavy atom. The van der Waals surface area contributed by atoms with E-state index in [1.165, 1.54) is 0 Å². The fraction of sp³-hybridized carbons (Fsp3) is 0.436. The molecule has 1 amide bonds. The molecule has 0 saturated heterocycles. The van der Waals surface area contributed by atoms with E-state index in [1.54, 1.807) is 6.92 Å². The maximum Gasteiger partial charge on any atom is 0.333 e. The summed E-state index contributed by atoms with van der Waals surface area (Å²) in [7, 11) is 0. The van der Waals surface area contributed by atoms with Crippen LogP contribution in [0.5, 0.6) is 11.8 Å². The molecule has 272 valence electrons. The number of hydrogen-bond donors (Lipinski definition) is 3. The molecule has 0 radical (unpaired) electrons. The Bertz CT molecular complexity index is 1750. The number of nitrogens with one attached hydrogen (secondary N) is 1. The molecule has 2 unspecified atom stereocenters. The molecular weight excluding hydrogens is 656 g/mol. The lowest BCUT2D eigenvalue weighted by Gasteiger charge is -2.31. The lowest BCUT2D eigenvalue weighted by atomic mass is 9.92. The van der Waals surface area contributed by atoms with E-state index >= 15 is 0 Å². The average Bonchev–Trinajstić information content (AvgIpc) is 3.42. The van der Waals surface area contributed by atoms with E-state index in [0.717, 1.165) is 34.4 Å². The highest BCUT2D eigenvalue weighted by molar-refractivity contribution is 5.89. The van der Waals surface area contributed by atoms with Crippen LogP contribution in [0.2, 0.25) is 0 Å². The summed E-state index contributed by atoms with van der Waals surface area (Å²) < 4.78 is 18.5. The highest BCUT2D eigenvalue weighted by Crippen LogP contribution is 2.30. The smallest absolute Gasteiger partial charge is 0.333 e. The van der Waals surface area contributed by atoms with E-state index in [-0.39, 0.29) is 51.2 Å². The van der Waals surface area contributed by atoms with Crippen molar-refractivity contribution in [3.8, 4) is 23.6 Å². The second kappa shape index (κ2) is 17.7. The van der Waals surface area contributed by atoms with Gasteiger partial charge in [-0.25, -0.2) is 4.79 Å². The molecule has 51 heavy (non-hydrogen) atoms. The van der Waals surface area contributed by atoms with Gasteiger partial charge < -0.3 is 34.6 Å². The van der Waals surface area contributed by atoms with E-state index in [1.807, 2.05) is 69.3 Å². The molecule has 4 rings (SSSR count). The number of esters is 1. The minimum absolute atomic E-state index is 0.0253. The number of rotatable bonds is 18. The van der Waals surface area contributed by atoms with Gasteiger partial charge in [0.15, 0.2) is 5.78 Å². The van der Waals surface area contributed by atoms with Gasteiger partial charge in [-0.2, -0.15) is 0 Å². The van der Waals surface area contributed by atoms with Crippen LogP contribution in [-0.4, -0.2) is 69.5 Å². The van der Waals surface area contributed by atoms with Gasteiger partial charge >= 0.3 is 11.9 Å². The summed E-state index contributed by atoms with van der Waals surface area (Å²) in [5.41, 5.74) is 1.81. The molecule has 0 bridgehead atoms. The third kappa shape index (κ3) is 11.2. The predicted molar refractivity (Wildman–Crippen MR) is 187 cm³/mol. The van der Waals surface area contributed by atoms with Crippen LogP contribution < -0.4 is 10.2 Å². The first-order valence-electron chi connectivity index (χ1n) is 17.1. The summed E-state index contributed by atoms with van der Waals surface area (Å²) in [6.45, 7) is 7.96. The highest BCUT2D eigenvalue weighted by atomic mass is 16.7. The molecule has 1 aromatic heterocycles. The summed E-state index contributed by atoms with van der Waals surface area (Å²) in [4.78, 5) is 55.3.